The fraction of sp³-hybridized carbons (Fsp3) is 0.0833. The number of hydrogen-bond donors (Lipinski definition) is 2. The lowest BCUT2D eigenvalue weighted by Gasteiger charge is -2.06. The maximum Gasteiger partial charge on any atom is 0.165 e. The van der Waals surface area contributed by atoms with Crippen LogP contribution in [0.4, 0.5) is 0 Å². The van der Waals surface area contributed by atoms with Crippen molar-refractivity contribution in [1.29, 1.82) is 0 Å². The molecule has 3 rings (SSSR count). The smallest absolute Gasteiger partial charge is 0.165 e. The molecule has 5 nitrogen and oxygen atoms in total. The maximum absolute atomic E-state index is 4.52. The Morgan fingerprint density at radius 2 is 1.88 bits per heavy atom. The van der Waals surface area contributed by atoms with Crippen LogP contribution in [0.5, 0.6) is 0 Å². The SMILES string of the molecule is c1ccc(C2N=C(c3cccnn3)NN2)cc1. The molecule has 2 heterocycles. The van der Waals surface area contributed by atoms with E-state index in [9.17, 15) is 0 Å². The molecule has 0 aliphatic carbocycles. The first-order chi connectivity index (χ1) is 8.43. The third-order valence-corrected chi connectivity index (χ3v) is 2.52. The molecule has 2 aromatic rings. The zero-order valence-electron chi connectivity index (χ0n) is 9.04. The van der Waals surface area contributed by atoms with E-state index in [1.807, 2.05) is 42.5 Å². The Kier molecular flexibility index (Phi) is 2.51. The molecule has 5 heteroatoms. The Hall–Kier alpha value is -2.27. The highest BCUT2D eigenvalue weighted by atomic mass is 15.5. The van der Waals surface area contributed by atoms with Gasteiger partial charge in [-0.25, -0.2) is 10.4 Å². The Bertz CT molecular complexity index is 523. The molecule has 1 aromatic carbocycles. The zero-order chi connectivity index (χ0) is 11.5. The van der Waals surface area contributed by atoms with E-state index in [0.717, 1.165) is 11.3 Å². The quantitative estimate of drug-likeness (QED) is 0.801. The van der Waals surface area contributed by atoms with Crippen molar-refractivity contribution in [3.63, 3.8) is 0 Å². The standard InChI is InChI=1S/C12H11N5/c1-2-5-9(6-3-1)11-14-12(17-16-11)10-7-4-8-13-15-10/h1-8,11,16H,(H,14,17). The number of nitrogens with zero attached hydrogens (tertiary/aromatic N) is 3. The van der Waals surface area contributed by atoms with E-state index in [1.165, 1.54) is 0 Å². The van der Waals surface area contributed by atoms with Gasteiger partial charge in [-0.15, -0.1) is 5.10 Å². The van der Waals surface area contributed by atoms with Gasteiger partial charge in [0, 0.05) is 6.20 Å². The Balaban J connectivity index is 1.87. The number of hydrogen-bond acceptors (Lipinski definition) is 5. The van der Waals surface area contributed by atoms with E-state index in [2.05, 4.69) is 26.0 Å². The number of rotatable bonds is 2. The molecule has 0 amide bonds. The Labute approximate surface area is 98.6 Å². The molecule has 17 heavy (non-hydrogen) atoms. The lowest BCUT2D eigenvalue weighted by Crippen LogP contribution is -2.32. The minimum absolute atomic E-state index is 0.0757. The summed E-state index contributed by atoms with van der Waals surface area (Å²) in [5.41, 5.74) is 7.96. The van der Waals surface area contributed by atoms with Crippen LogP contribution in [-0.4, -0.2) is 16.0 Å². The number of aromatic nitrogens is 2. The second-order valence-electron chi connectivity index (χ2n) is 3.67. The summed E-state index contributed by atoms with van der Waals surface area (Å²) in [7, 11) is 0. The van der Waals surface area contributed by atoms with Crippen LogP contribution in [0, 0.1) is 0 Å². The van der Waals surface area contributed by atoms with Crippen molar-refractivity contribution in [3.8, 4) is 0 Å². The first-order valence-electron chi connectivity index (χ1n) is 5.36. The van der Waals surface area contributed by atoms with Crippen molar-refractivity contribution in [2.45, 2.75) is 6.17 Å². The van der Waals surface area contributed by atoms with Gasteiger partial charge in [0.2, 0.25) is 0 Å². The summed E-state index contributed by atoms with van der Waals surface area (Å²) in [6.07, 6.45) is 1.56. The molecular weight excluding hydrogens is 214 g/mol. The van der Waals surface area contributed by atoms with Crippen LogP contribution in [0.2, 0.25) is 0 Å². The molecule has 0 radical (unpaired) electrons. The summed E-state index contributed by atoms with van der Waals surface area (Å²) in [4.78, 5) is 4.52. The van der Waals surface area contributed by atoms with Crippen molar-refractivity contribution in [1.82, 2.24) is 21.0 Å². The molecule has 1 aliphatic heterocycles. The molecule has 0 fully saturated rings. The van der Waals surface area contributed by atoms with Crippen molar-refractivity contribution < 1.29 is 0 Å². The van der Waals surface area contributed by atoms with E-state index in [-0.39, 0.29) is 6.17 Å². The molecule has 2 N–H and O–H groups in total. The number of benzene rings is 1. The molecule has 1 aromatic heterocycles. The number of amidine groups is 1. The van der Waals surface area contributed by atoms with Gasteiger partial charge in [0.05, 0.1) is 0 Å². The highest BCUT2D eigenvalue weighted by molar-refractivity contribution is 5.97. The fourth-order valence-electron chi connectivity index (χ4n) is 1.68. The topological polar surface area (TPSA) is 62.2 Å². The van der Waals surface area contributed by atoms with E-state index in [4.69, 9.17) is 0 Å². The van der Waals surface area contributed by atoms with Crippen molar-refractivity contribution >= 4 is 5.84 Å². The predicted octanol–water partition coefficient (Wildman–Crippen LogP) is 1.03. The van der Waals surface area contributed by atoms with Gasteiger partial charge in [0.25, 0.3) is 0 Å². The fourth-order valence-corrected chi connectivity index (χ4v) is 1.68. The van der Waals surface area contributed by atoms with Crippen LogP contribution < -0.4 is 10.9 Å². The number of aliphatic imine (C=N–C) groups is 1. The van der Waals surface area contributed by atoms with Gasteiger partial charge in [0.15, 0.2) is 5.84 Å². The van der Waals surface area contributed by atoms with Crippen LogP contribution in [-0.2, 0) is 0 Å². The molecule has 84 valence electrons. The summed E-state index contributed by atoms with van der Waals surface area (Å²) in [5, 5.41) is 7.83. The van der Waals surface area contributed by atoms with Gasteiger partial charge in [0.1, 0.15) is 11.9 Å². The van der Waals surface area contributed by atoms with Gasteiger partial charge >= 0.3 is 0 Å². The summed E-state index contributed by atoms with van der Waals surface area (Å²) < 4.78 is 0. The minimum atomic E-state index is -0.0757. The van der Waals surface area contributed by atoms with Gasteiger partial charge < -0.3 is 5.43 Å². The average Bonchev–Trinajstić information content (AvgIpc) is 2.90. The highest BCUT2D eigenvalue weighted by Gasteiger charge is 2.19. The Morgan fingerprint density at radius 3 is 2.65 bits per heavy atom. The minimum Gasteiger partial charge on any atom is -0.302 e. The number of hydrazine groups is 1. The highest BCUT2D eigenvalue weighted by Crippen LogP contribution is 2.17. The van der Waals surface area contributed by atoms with Crippen LogP contribution in [0.1, 0.15) is 17.4 Å². The monoisotopic (exact) mass is 225 g/mol. The van der Waals surface area contributed by atoms with E-state index >= 15 is 0 Å². The third kappa shape index (κ3) is 2.00. The molecule has 0 saturated carbocycles. The van der Waals surface area contributed by atoms with Crippen molar-refractivity contribution in [2.24, 2.45) is 4.99 Å². The maximum atomic E-state index is 4.52. The predicted molar refractivity (Wildman–Crippen MR) is 64.0 cm³/mol. The molecule has 1 unspecified atom stereocenters. The first kappa shape index (κ1) is 9.92. The second-order valence-corrected chi connectivity index (χ2v) is 3.67. The Morgan fingerprint density at radius 1 is 1.00 bits per heavy atom. The summed E-state index contributed by atoms with van der Waals surface area (Å²) in [6, 6.07) is 13.7. The third-order valence-electron chi connectivity index (χ3n) is 2.52. The summed E-state index contributed by atoms with van der Waals surface area (Å²) in [6.45, 7) is 0. The van der Waals surface area contributed by atoms with Crippen LogP contribution >= 0.6 is 0 Å². The summed E-state index contributed by atoms with van der Waals surface area (Å²) in [5.74, 6) is 0.715. The van der Waals surface area contributed by atoms with E-state index < -0.39 is 0 Å². The average molecular weight is 225 g/mol. The number of nitrogens with one attached hydrogen (secondary N) is 2. The van der Waals surface area contributed by atoms with Gasteiger partial charge in [-0.1, -0.05) is 30.3 Å². The van der Waals surface area contributed by atoms with Gasteiger partial charge in [-0.3, -0.25) is 0 Å². The lowest BCUT2D eigenvalue weighted by molar-refractivity contribution is 0.575. The largest absolute Gasteiger partial charge is 0.302 e. The second kappa shape index (κ2) is 4.31. The molecule has 1 aliphatic rings. The normalized spacial score (nSPS) is 18.6. The van der Waals surface area contributed by atoms with E-state index in [0.29, 0.717) is 5.84 Å². The lowest BCUT2D eigenvalue weighted by atomic mass is 10.2. The van der Waals surface area contributed by atoms with Crippen LogP contribution in [0.3, 0.4) is 0 Å². The molecule has 0 spiro atoms. The molecule has 0 bridgehead atoms. The van der Waals surface area contributed by atoms with Crippen molar-refractivity contribution in [2.75, 3.05) is 0 Å². The molecule has 1 atom stereocenters. The zero-order valence-corrected chi connectivity index (χ0v) is 9.04. The van der Waals surface area contributed by atoms with Gasteiger partial charge in [-0.2, -0.15) is 5.10 Å². The first-order valence-corrected chi connectivity index (χ1v) is 5.36. The molecular formula is C12H11N5. The summed E-state index contributed by atoms with van der Waals surface area (Å²) >= 11 is 0. The van der Waals surface area contributed by atoms with Crippen molar-refractivity contribution in [3.05, 3.63) is 59.9 Å². The van der Waals surface area contributed by atoms with Gasteiger partial charge in [-0.05, 0) is 17.7 Å². The van der Waals surface area contributed by atoms with Crippen LogP contribution in [0.15, 0.2) is 53.7 Å². The molecule has 0 saturated heterocycles. The van der Waals surface area contributed by atoms with Crippen LogP contribution in [0.25, 0.3) is 0 Å². The van der Waals surface area contributed by atoms with E-state index in [1.54, 1.807) is 6.20 Å².